The molecule has 0 radical (unpaired) electrons. The minimum absolute atomic E-state index is 0.0543. The molecule has 1 heterocycles. The van der Waals surface area contributed by atoms with Crippen LogP contribution in [0.4, 0.5) is 0 Å². The maximum Gasteiger partial charge on any atom is 0.0544 e. The highest BCUT2D eigenvalue weighted by molar-refractivity contribution is 6.26. The van der Waals surface area contributed by atoms with Gasteiger partial charge in [0.2, 0.25) is 0 Å². The van der Waals surface area contributed by atoms with Crippen molar-refractivity contribution in [1.29, 1.82) is 0 Å². The average Bonchev–Trinajstić information content (AvgIpc) is 3.55. The first-order valence-corrected chi connectivity index (χ1v) is 16.2. The largest absolute Gasteiger partial charge is 0.309 e. The number of para-hydroxylation sites is 1. The molecule has 0 atom stereocenters. The van der Waals surface area contributed by atoms with Crippen molar-refractivity contribution in [3.8, 4) is 27.9 Å². The number of hydrogen-bond acceptors (Lipinski definition) is 0. The van der Waals surface area contributed by atoms with E-state index in [1.165, 1.54) is 93.2 Å². The normalized spacial score (nSPS) is 13.6. The van der Waals surface area contributed by atoms with E-state index in [-0.39, 0.29) is 5.41 Å². The SMILES string of the molecule is CC1(C)c2ccccc2-c2cc3c4cc(-c5ccc6c7ccccc7c7ccccc7c6c5)ccc4n(-c4ccccc4)c3cc21. The van der Waals surface area contributed by atoms with Gasteiger partial charge in [-0.3, -0.25) is 0 Å². The summed E-state index contributed by atoms with van der Waals surface area (Å²) >= 11 is 0. The van der Waals surface area contributed by atoms with Gasteiger partial charge in [-0.05, 0) is 108 Å². The third kappa shape index (κ3) is 3.40. The molecule has 0 unspecified atom stereocenters. The lowest BCUT2D eigenvalue weighted by atomic mass is 9.82. The van der Waals surface area contributed by atoms with Gasteiger partial charge in [-0.25, -0.2) is 0 Å². The molecule has 0 bridgehead atoms. The number of benzene rings is 8. The molecule has 10 rings (SSSR count). The highest BCUT2D eigenvalue weighted by atomic mass is 15.0. The van der Waals surface area contributed by atoms with Gasteiger partial charge >= 0.3 is 0 Å². The first-order chi connectivity index (χ1) is 22.6. The number of hydrogen-bond donors (Lipinski definition) is 0. The molecule has 0 spiro atoms. The molecular formula is C45H31N. The zero-order valence-corrected chi connectivity index (χ0v) is 25.9. The van der Waals surface area contributed by atoms with Crippen molar-refractivity contribution in [2.24, 2.45) is 0 Å². The Hall–Kier alpha value is -5.66. The first kappa shape index (κ1) is 25.6. The van der Waals surface area contributed by atoms with Crippen molar-refractivity contribution < 1.29 is 0 Å². The maximum absolute atomic E-state index is 2.46. The van der Waals surface area contributed by atoms with Crippen LogP contribution in [-0.2, 0) is 5.41 Å². The van der Waals surface area contributed by atoms with Crippen LogP contribution < -0.4 is 0 Å². The lowest BCUT2D eigenvalue weighted by Gasteiger charge is -2.21. The molecule has 1 nitrogen and oxygen atoms in total. The van der Waals surface area contributed by atoms with Gasteiger partial charge < -0.3 is 4.57 Å². The summed E-state index contributed by atoms with van der Waals surface area (Å²) in [5, 5.41) is 10.4. The van der Waals surface area contributed by atoms with Gasteiger partial charge in [0.1, 0.15) is 0 Å². The molecule has 0 saturated heterocycles. The van der Waals surface area contributed by atoms with E-state index in [0.29, 0.717) is 0 Å². The van der Waals surface area contributed by atoms with Crippen molar-refractivity contribution in [1.82, 2.24) is 4.57 Å². The van der Waals surface area contributed by atoms with Crippen LogP contribution in [0.2, 0.25) is 0 Å². The molecule has 1 heteroatoms. The molecule has 0 amide bonds. The first-order valence-electron chi connectivity index (χ1n) is 16.2. The zero-order valence-electron chi connectivity index (χ0n) is 25.9. The van der Waals surface area contributed by atoms with Gasteiger partial charge in [0.05, 0.1) is 11.0 Å². The second-order valence-corrected chi connectivity index (χ2v) is 13.3. The molecule has 0 N–H and O–H groups in total. The van der Waals surface area contributed by atoms with Crippen LogP contribution in [0.25, 0.3) is 82.1 Å². The number of nitrogens with zero attached hydrogens (tertiary/aromatic N) is 1. The second-order valence-electron chi connectivity index (χ2n) is 13.3. The summed E-state index contributed by atoms with van der Waals surface area (Å²) in [6.45, 7) is 4.73. The molecular weight excluding hydrogens is 555 g/mol. The Morgan fingerprint density at radius 1 is 0.370 bits per heavy atom. The molecule has 0 aliphatic heterocycles. The highest BCUT2D eigenvalue weighted by Crippen LogP contribution is 2.51. The third-order valence-electron chi connectivity index (χ3n) is 10.6. The summed E-state index contributed by atoms with van der Waals surface area (Å²) in [4.78, 5) is 0. The molecule has 216 valence electrons. The summed E-state index contributed by atoms with van der Waals surface area (Å²) < 4.78 is 2.45. The van der Waals surface area contributed by atoms with Crippen molar-refractivity contribution >= 4 is 54.1 Å². The smallest absolute Gasteiger partial charge is 0.0544 e. The summed E-state index contributed by atoms with van der Waals surface area (Å²) in [5.41, 5.74) is 11.6. The third-order valence-corrected chi connectivity index (χ3v) is 10.6. The van der Waals surface area contributed by atoms with E-state index in [1.807, 2.05) is 0 Å². The van der Waals surface area contributed by atoms with Crippen LogP contribution in [-0.4, -0.2) is 4.57 Å². The van der Waals surface area contributed by atoms with E-state index in [0.717, 1.165) is 0 Å². The molecule has 9 aromatic rings. The molecule has 8 aromatic carbocycles. The van der Waals surface area contributed by atoms with Crippen molar-refractivity contribution in [2.45, 2.75) is 19.3 Å². The van der Waals surface area contributed by atoms with Crippen LogP contribution in [0.15, 0.2) is 152 Å². The molecule has 46 heavy (non-hydrogen) atoms. The predicted molar refractivity (Wildman–Crippen MR) is 196 cm³/mol. The fourth-order valence-corrected chi connectivity index (χ4v) is 8.34. The van der Waals surface area contributed by atoms with Gasteiger partial charge in [-0.2, -0.15) is 0 Å². The van der Waals surface area contributed by atoms with E-state index >= 15 is 0 Å². The van der Waals surface area contributed by atoms with Crippen LogP contribution >= 0.6 is 0 Å². The number of fused-ring (bicyclic) bond motifs is 12. The number of aromatic nitrogens is 1. The fourth-order valence-electron chi connectivity index (χ4n) is 8.34. The van der Waals surface area contributed by atoms with Crippen molar-refractivity contribution in [2.75, 3.05) is 0 Å². The second kappa shape index (κ2) is 9.19. The van der Waals surface area contributed by atoms with E-state index in [1.54, 1.807) is 0 Å². The Balaban J connectivity index is 1.26. The topological polar surface area (TPSA) is 4.93 Å². The van der Waals surface area contributed by atoms with Crippen LogP contribution in [0.5, 0.6) is 0 Å². The predicted octanol–water partition coefficient (Wildman–Crippen LogP) is 12.2. The van der Waals surface area contributed by atoms with Gasteiger partial charge in [-0.15, -0.1) is 0 Å². The standard InChI is InChI=1S/C45H31N/c1-45(2)41-19-11-10-18-36(41)38-26-40-39-25-29(21-23-43(39)46(44(40)27-42(38)45)30-12-4-3-5-13-30)28-20-22-35-33-16-7-6-14-31(33)32-15-8-9-17-34(32)37(35)24-28/h3-27H,1-2H3. The zero-order chi connectivity index (χ0) is 30.6. The van der Waals surface area contributed by atoms with E-state index in [4.69, 9.17) is 0 Å². The lowest BCUT2D eigenvalue weighted by Crippen LogP contribution is -2.14. The lowest BCUT2D eigenvalue weighted by molar-refractivity contribution is 0.661. The van der Waals surface area contributed by atoms with Crippen molar-refractivity contribution in [3.05, 3.63) is 163 Å². The Morgan fingerprint density at radius 3 is 1.63 bits per heavy atom. The monoisotopic (exact) mass is 585 g/mol. The summed E-state index contributed by atoms with van der Waals surface area (Å²) in [6, 6.07) is 56.4. The minimum Gasteiger partial charge on any atom is -0.309 e. The Labute approximate surface area is 268 Å². The van der Waals surface area contributed by atoms with Gasteiger partial charge in [0, 0.05) is 21.9 Å². The molecule has 1 aliphatic rings. The van der Waals surface area contributed by atoms with Crippen LogP contribution in [0, 0.1) is 0 Å². The summed E-state index contributed by atoms with van der Waals surface area (Å²) in [7, 11) is 0. The van der Waals surface area contributed by atoms with E-state index in [9.17, 15) is 0 Å². The van der Waals surface area contributed by atoms with E-state index < -0.39 is 0 Å². The quantitative estimate of drug-likeness (QED) is 0.178. The maximum atomic E-state index is 2.46. The molecule has 1 aliphatic carbocycles. The Bertz CT molecular complexity index is 2670. The Kier molecular flexibility index (Phi) is 5.12. The van der Waals surface area contributed by atoms with Crippen LogP contribution in [0.3, 0.4) is 0 Å². The van der Waals surface area contributed by atoms with Gasteiger partial charge in [0.15, 0.2) is 0 Å². The summed E-state index contributed by atoms with van der Waals surface area (Å²) in [5.74, 6) is 0. The minimum atomic E-state index is -0.0543. The average molecular weight is 586 g/mol. The van der Waals surface area contributed by atoms with Gasteiger partial charge in [-0.1, -0.05) is 123 Å². The molecule has 0 fully saturated rings. The fraction of sp³-hybridized carbons (Fsp3) is 0.0667. The Morgan fingerprint density at radius 2 is 0.913 bits per heavy atom. The van der Waals surface area contributed by atoms with E-state index in [2.05, 4.69) is 170 Å². The van der Waals surface area contributed by atoms with Gasteiger partial charge in [0.25, 0.3) is 0 Å². The van der Waals surface area contributed by atoms with Crippen molar-refractivity contribution in [3.63, 3.8) is 0 Å². The number of rotatable bonds is 2. The summed E-state index contributed by atoms with van der Waals surface area (Å²) in [6.07, 6.45) is 0. The highest BCUT2D eigenvalue weighted by Gasteiger charge is 2.36. The van der Waals surface area contributed by atoms with Crippen LogP contribution in [0.1, 0.15) is 25.0 Å². The molecule has 1 aromatic heterocycles. The molecule has 0 saturated carbocycles.